The highest BCUT2D eigenvalue weighted by Crippen LogP contribution is 2.29. The Morgan fingerprint density at radius 3 is 2.76 bits per heavy atom. The number of nitrogens with zero attached hydrogens (tertiary/aromatic N) is 2. The largest absolute Gasteiger partial charge is 0.351 e. The van der Waals surface area contributed by atoms with Gasteiger partial charge in [-0.1, -0.05) is 6.07 Å². The molecular formula is C26H26FN7O4. The average molecular weight is 520 g/mol. The predicted octanol–water partition coefficient (Wildman–Crippen LogP) is 1.86. The first-order valence-corrected chi connectivity index (χ1v) is 12.0. The number of aromatic nitrogens is 2. The van der Waals surface area contributed by atoms with Crippen molar-refractivity contribution >= 4 is 40.3 Å². The van der Waals surface area contributed by atoms with Crippen LogP contribution >= 0.6 is 0 Å². The van der Waals surface area contributed by atoms with Crippen LogP contribution in [0.2, 0.25) is 0 Å². The molecule has 0 bridgehead atoms. The fourth-order valence-corrected chi connectivity index (χ4v) is 4.79. The number of anilines is 1. The van der Waals surface area contributed by atoms with Gasteiger partial charge in [0.05, 0.1) is 35.8 Å². The van der Waals surface area contributed by atoms with Gasteiger partial charge in [0, 0.05) is 36.8 Å². The van der Waals surface area contributed by atoms with Gasteiger partial charge in [-0.25, -0.2) is 9.18 Å². The lowest BCUT2D eigenvalue weighted by molar-refractivity contribution is -0.126. The number of carbonyl (C=O) groups is 4. The summed E-state index contributed by atoms with van der Waals surface area (Å²) in [6.07, 6.45) is 1.57. The standard InChI is InChI=1S/C26H26FN7O4/c1-13-23(25(37)31-17-4-6-20-16(8-17)11-28-33-20)24(32-26(38)29-13)14-3-5-19(27)15(7-14)9-21(35)30-18-10-22(36)34(2)12-18/h3-8,11,18,24H,9-10,12H2,1-2H3,(H,28,33)(H,30,35)(H,31,37)(H2,29,32,38). The number of urea groups is 1. The Bertz CT molecular complexity index is 1500. The number of hydrogen-bond donors (Lipinski definition) is 5. The summed E-state index contributed by atoms with van der Waals surface area (Å²) in [5.41, 5.74) is 2.48. The minimum absolute atomic E-state index is 0.0669. The molecule has 12 heteroatoms. The summed E-state index contributed by atoms with van der Waals surface area (Å²) in [5.74, 6) is -1.55. The SMILES string of the molecule is CC1=C(C(=O)Nc2ccc3[nH]ncc3c2)C(c2ccc(F)c(CC(=O)NC3CC(=O)N(C)C3)c2)NC(=O)N1. The molecule has 1 saturated heterocycles. The Kier molecular flexibility index (Phi) is 6.53. The number of likely N-dealkylation sites (N-methyl/N-ethyl adjacent to an activating group) is 1. The number of hydrogen-bond acceptors (Lipinski definition) is 5. The fourth-order valence-electron chi connectivity index (χ4n) is 4.79. The lowest BCUT2D eigenvalue weighted by Gasteiger charge is -2.29. The summed E-state index contributed by atoms with van der Waals surface area (Å²) in [7, 11) is 1.66. The summed E-state index contributed by atoms with van der Waals surface area (Å²) in [6, 6.07) is 7.68. The van der Waals surface area contributed by atoms with Crippen molar-refractivity contribution < 1.29 is 23.6 Å². The van der Waals surface area contributed by atoms with Gasteiger partial charge in [0.15, 0.2) is 0 Å². The number of nitrogens with one attached hydrogen (secondary N) is 5. The van der Waals surface area contributed by atoms with Gasteiger partial charge >= 0.3 is 6.03 Å². The van der Waals surface area contributed by atoms with Gasteiger partial charge in [-0.3, -0.25) is 19.5 Å². The first-order valence-electron chi connectivity index (χ1n) is 12.0. The van der Waals surface area contributed by atoms with Gasteiger partial charge < -0.3 is 26.2 Å². The number of rotatable bonds is 6. The highest BCUT2D eigenvalue weighted by atomic mass is 19.1. The Hall–Kier alpha value is -4.74. The molecule has 38 heavy (non-hydrogen) atoms. The molecule has 11 nitrogen and oxygen atoms in total. The Morgan fingerprint density at radius 1 is 1.18 bits per heavy atom. The van der Waals surface area contributed by atoms with Crippen LogP contribution in [0.25, 0.3) is 10.9 Å². The zero-order valence-electron chi connectivity index (χ0n) is 20.7. The van der Waals surface area contributed by atoms with E-state index in [9.17, 15) is 23.6 Å². The van der Waals surface area contributed by atoms with Crippen molar-refractivity contribution in [1.82, 2.24) is 31.0 Å². The lowest BCUT2D eigenvalue weighted by Crippen LogP contribution is -2.46. The zero-order chi connectivity index (χ0) is 27.0. The van der Waals surface area contributed by atoms with E-state index in [0.717, 1.165) is 10.9 Å². The second kappa shape index (κ2) is 9.96. The van der Waals surface area contributed by atoms with Crippen molar-refractivity contribution in [3.8, 4) is 0 Å². The number of fused-ring (bicyclic) bond motifs is 1. The van der Waals surface area contributed by atoms with Crippen molar-refractivity contribution in [2.45, 2.75) is 31.8 Å². The van der Waals surface area contributed by atoms with Crippen molar-refractivity contribution in [2.75, 3.05) is 18.9 Å². The number of allylic oxidation sites excluding steroid dienone is 1. The minimum atomic E-state index is -0.884. The average Bonchev–Trinajstić information content (AvgIpc) is 3.44. The van der Waals surface area contributed by atoms with E-state index in [1.807, 2.05) is 0 Å². The smallest absolute Gasteiger partial charge is 0.319 e. The molecule has 2 aromatic carbocycles. The summed E-state index contributed by atoms with van der Waals surface area (Å²) in [4.78, 5) is 51.5. The van der Waals surface area contributed by atoms with E-state index >= 15 is 0 Å². The molecule has 3 aromatic rings. The number of H-pyrrole nitrogens is 1. The van der Waals surface area contributed by atoms with E-state index in [2.05, 4.69) is 31.5 Å². The summed E-state index contributed by atoms with van der Waals surface area (Å²) < 4.78 is 14.7. The molecule has 5 amide bonds. The third-order valence-corrected chi connectivity index (χ3v) is 6.67. The van der Waals surface area contributed by atoms with E-state index in [0.29, 0.717) is 23.5 Å². The second-order valence-corrected chi connectivity index (χ2v) is 9.47. The Labute approximate surface area is 216 Å². The molecule has 1 fully saturated rings. The van der Waals surface area contributed by atoms with Gasteiger partial charge in [0.2, 0.25) is 11.8 Å². The molecule has 196 valence electrons. The number of carbonyl (C=O) groups excluding carboxylic acids is 4. The lowest BCUT2D eigenvalue weighted by atomic mass is 9.93. The van der Waals surface area contributed by atoms with E-state index in [-0.39, 0.29) is 35.9 Å². The van der Waals surface area contributed by atoms with E-state index in [4.69, 9.17) is 0 Å². The van der Waals surface area contributed by atoms with Gasteiger partial charge in [-0.2, -0.15) is 5.10 Å². The third-order valence-electron chi connectivity index (χ3n) is 6.67. The number of benzene rings is 2. The molecule has 0 aliphatic carbocycles. The molecule has 5 rings (SSSR count). The van der Waals surface area contributed by atoms with Crippen LogP contribution in [-0.2, 0) is 20.8 Å². The Balaban J connectivity index is 1.37. The maximum Gasteiger partial charge on any atom is 0.319 e. The summed E-state index contributed by atoms with van der Waals surface area (Å²) >= 11 is 0. The first kappa shape index (κ1) is 24.9. The van der Waals surface area contributed by atoms with Gasteiger partial charge in [-0.05, 0) is 48.4 Å². The highest BCUT2D eigenvalue weighted by Gasteiger charge is 2.32. The molecule has 2 aliphatic heterocycles. The second-order valence-electron chi connectivity index (χ2n) is 9.47. The van der Waals surface area contributed by atoms with Crippen molar-refractivity contribution in [3.63, 3.8) is 0 Å². The topological polar surface area (TPSA) is 148 Å². The van der Waals surface area contributed by atoms with E-state index in [1.165, 1.54) is 23.1 Å². The van der Waals surface area contributed by atoms with Crippen LogP contribution in [0.3, 0.4) is 0 Å². The molecule has 1 aromatic heterocycles. The van der Waals surface area contributed by atoms with Crippen molar-refractivity contribution in [3.05, 3.63) is 70.8 Å². The Morgan fingerprint density at radius 2 is 2.00 bits per heavy atom. The maximum absolute atomic E-state index is 14.7. The molecule has 5 N–H and O–H groups in total. The first-order chi connectivity index (χ1) is 18.2. The molecule has 3 heterocycles. The molecule has 2 aliphatic rings. The zero-order valence-corrected chi connectivity index (χ0v) is 20.7. The maximum atomic E-state index is 14.7. The quantitative estimate of drug-likeness (QED) is 0.337. The molecule has 2 unspecified atom stereocenters. The summed E-state index contributed by atoms with van der Waals surface area (Å²) in [6.45, 7) is 2.00. The predicted molar refractivity (Wildman–Crippen MR) is 136 cm³/mol. The van der Waals surface area contributed by atoms with Crippen LogP contribution in [-0.4, -0.2) is 58.5 Å². The molecule has 2 atom stereocenters. The van der Waals surface area contributed by atoms with Crippen LogP contribution in [0, 0.1) is 5.82 Å². The molecule has 0 saturated carbocycles. The summed E-state index contributed by atoms with van der Waals surface area (Å²) in [5, 5.41) is 18.6. The van der Waals surface area contributed by atoms with Crippen LogP contribution in [0.5, 0.6) is 0 Å². The van der Waals surface area contributed by atoms with E-state index in [1.54, 1.807) is 38.4 Å². The van der Waals surface area contributed by atoms with Crippen LogP contribution in [0.15, 0.2) is 53.9 Å². The molecular weight excluding hydrogens is 493 g/mol. The van der Waals surface area contributed by atoms with Gasteiger partial charge in [0.25, 0.3) is 5.91 Å². The van der Waals surface area contributed by atoms with Gasteiger partial charge in [0.1, 0.15) is 5.82 Å². The normalized spacial score (nSPS) is 19.4. The number of likely N-dealkylation sites (tertiary alicyclic amines) is 1. The van der Waals surface area contributed by atoms with Crippen LogP contribution in [0.1, 0.15) is 30.5 Å². The number of halogens is 1. The highest BCUT2D eigenvalue weighted by molar-refractivity contribution is 6.07. The molecule has 0 radical (unpaired) electrons. The third kappa shape index (κ3) is 5.05. The minimum Gasteiger partial charge on any atom is -0.351 e. The van der Waals surface area contributed by atoms with Crippen LogP contribution < -0.4 is 21.3 Å². The fraction of sp³-hybridized carbons (Fsp3) is 0.269. The van der Waals surface area contributed by atoms with Crippen molar-refractivity contribution in [2.24, 2.45) is 0 Å². The van der Waals surface area contributed by atoms with Crippen LogP contribution in [0.4, 0.5) is 14.9 Å². The molecule has 0 spiro atoms. The number of amides is 5. The van der Waals surface area contributed by atoms with E-state index < -0.39 is 29.7 Å². The van der Waals surface area contributed by atoms with Gasteiger partial charge in [-0.15, -0.1) is 0 Å². The monoisotopic (exact) mass is 519 g/mol. The van der Waals surface area contributed by atoms with Crippen molar-refractivity contribution in [1.29, 1.82) is 0 Å². The number of aromatic amines is 1.